The summed E-state index contributed by atoms with van der Waals surface area (Å²) in [5.41, 5.74) is -0.0574. The molecule has 1 fully saturated rings. The smallest absolute Gasteiger partial charge is 0.408 e. The van der Waals surface area contributed by atoms with Crippen LogP contribution in [0.5, 0.6) is 0 Å². The highest BCUT2D eigenvalue weighted by Crippen LogP contribution is 2.44. The number of fused-ring (bicyclic) bond motifs is 2. The number of aromatic nitrogens is 3. The van der Waals surface area contributed by atoms with Gasteiger partial charge in [-0.2, -0.15) is 0 Å². The molecular weight excluding hydrogens is 568 g/mol. The van der Waals surface area contributed by atoms with Crippen molar-refractivity contribution in [3.8, 4) is 11.5 Å². The number of hydrogen-bond acceptors (Lipinski definition) is 5. The number of alkyl halides is 2. The Morgan fingerprint density at radius 3 is 2.44 bits per heavy atom. The van der Waals surface area contributed by atoms with Crippen LogP contribution in [0.4, 0.5) is 22.4 Å². The molecule has 1 atom stereocenters. The topological polar surface area (TPSA) is 87.4 Å². The van der Waals surface area contributed by atoms with Crippen molar-refractivity contribution in [2.75, 3.05) is 7.11 Å². The van der Waals surface area contributed by atoms with Crippen LogP contribution in [0.2, 0.25) is 0 Å². The van der Waals surface area contributed by atoms with Gasteiger partial charge in [-0.25, -0.2) is 32.1 Å². The fraction of sp³-hybridized carbons (Fsp3) is 0.387. The van der Waals surface area contributed by atoms with Crippen LogP contribution in [-0.2, 0) is 16.0 Å². The van der Waals surface area contributed by atoms with Gasteiger partial charge in [0.25, 0.3) is 5.92 Å². The maximum Gasteiger partial charge on any atom is 0.408 e. The summed E-state index contributed by atoms with van der Waals surface area (Å²) in [5, 5.41) is 2.88. The van der Waals surface area contributed by atoms with Gasteiger partial charge in [-0.3, -0.25) is 0 Å². The zero-order chi connectivity index (χ0) is 31.4. The van der Waals surface area contributed by atoms with Gasteiger partial charge in [0.15, 0.2) is 5.82 Å². The molecule has 0 radical (unpaired) electrons. The van der Waals surface area contributed by atoms with Gasteiger partial charge in [0, 0.05) is 22.5 Å². The molecule has 0 spiro atoms. The molecule has 1 unspecified atom stereocenters. The van der Waals surface area contributed by atoms with Crippen LogP contribution in [0.15, 0.2) is 43.0 Å². The Kier molecular flexibility index (Phi) is 7.52. The summed E-state index contributed by atoms with van der Waals surface area (Å²) >= 11 is 0. The van der Waals surface area contributed by atoms with E-state index in [1.807, 2.05) is 0 Å². The SMILES string of the molecule is C=CC(F)(F)Cn1c(-c2nc3cc(C(=O)OC)cc(F)c3n2C2CC2)cc2cc(F)c(C(C)NC(=O)OC(C)(C)C)cc21. The molecule has 8 nitrogen and oxygen atoms in total. The number of alkyl carbamates (subject to hydrolysis) is 1. The van der Waals surface area contributed by atoms with Gasteiger partial charge in [0.05, 0.1) is 36.5 Å². The molecule has 1 N–H and O–H groups in total. The molecule has 1 saturated carbocycles. The predicted molar refractivity (Wildman–Crippen MR) is 153 cm³/mol. The van der Waals surface area contributed by atoms with Crippen LogP contribution in [0, 0.1) is 11.6 Å². The lowest BCUT2D eigenvalue weighted by Gasteiger charge is -2.22. The standard InChI is InChI=1S/C31H32F4N4O4/c1-7-31(34,35)15-38-24-14-20(16(2)36-29(41)43-30(3,4)5)21(32)10-17(24)13-25(38)27-37-23-12-18(28(40)42-6)11-22(33)26(23)39(27)19-8-9-19/h7,10-14,16,19H,1,8-9,15H2,2-6H3,(H,36,41). The fourth-order valence-electron chi connectivity index (χ4n) is 5.11. The zero-order valence-corrected chi connectivity index (χ0v) is 24.4. The molecule has 12 heteroatoms. The van der Waals surface area contributed by atoms with Crippen LogP contribution in [0.3, 0.4) is 0 Å². The van der Waals surface area contributed by atoms with E-state index in [1.165, 1.54) is 35.9 Å². The highest BCUT2D eigenvalue weighted by atomic mass is 19.3. The van der Waals surface area contributed by atoms with E-state index in [-0.39, 0.29) is 45.2 Å². The number of methoxy groups -OCH3 is 1. The molecule has 1 amide bonds. The van der Waals surface area contributed by atoms with E-state index in [0.29, 0.717) is 24.3 Å². The molecule has 1 aliphatic carbocycles. The highest BCUT2D eigenvalue weighted by molar-refractivity contribution is 5.95. The number of hydrogen-bond donors (Lipinski definition) is 1. The van der Waals surface area contributed by atoms with Crippen molar-refractivity contribution in [3.63, 3.8) is 0 Å². The highest BCUT2D eigenvalue weighted by Gasteiger charge is 2.34. The van der Waals surface area contributed by atoms with Crippen LogP contribution < -0.4 is 5.32 Å². The molecule has 2 heterocycles. The number of carbonyl (C=O) groups is 2. The molecule has 0 saturated heterocycles. The number of ether oxygens (including phenoxy) is 2. The Balaban J connectivity index is 1.70. The number of esters is 1. The van der Waals surface area contributed by atoms with E-state index in [1.54, 1.807) is 32.3 Å². The summed E-state index contributed by atoms with van der Waals surface area (Å²) in [6.45, 7) is 9.01. The van der Waals surface area contributed by atoms with E-state index in [0.717, 1.165) is 6.07 Å². The lowest BCUT2D eigenvalue weighted by molar-refractivity contribution is 0.0380. The summed E-state index contributed by atoms with van der Waals surface area (Å²) in [6.07, 6.45) is 1.19. The normalized spacial score (nSPS) is 14.6. The first-order chi connectivity index (χ1) is 20.1. The number of carbonyl (C=O) groups excluding carboxylic acids is 2. The third-order valence-electron chi connectivity index (χ3n) is 7.19. The Bertz CT molecular complexity index is 1770. The zero-order valence-electron chi connectivity index (χ0n) is 24.4. The molecule has 0 bridgehead atoms. The predicted octanol–water partition coefficient (Wildman–Crippen LogP) is 7.46. The van der Waals surface area contributed by atoms with Crippen molar-refractivity contribution in [1.82, 2.24) is 19.4 Å². The number of benzene rings is 2. The van der Waals surface area contributed by atoms with E-state index in [9.17, 15) is 18.4 Å². The molecule has 43 heavy (non-hydrogen) atoms. The van der Waals surface area contributed by atoms with Gasteiger partial charge in [-0.15, -0.1) is 0 Å². The molecular formula is C31H32F4N4O4. The monoisotopic (exact) mass is 600 g/mol. The summed E-state index contributed by atoms with van der Waals surface area (Å²) in [7, 11) is 1.17. The lowest BCUT2D eigenvalue weighted by Crippen LogP contribution is -2.34. The molecule has 228 valence electrons. The molecule has 2 aromatic carbocycles. The van der Waals surface area contributed by atoms with Crippen molar-refractivity contribution >= 4 is 34.0 Å². The number of amides is 1. The van der Waals surface area contributed by atoms with Crippen molar-refractivity contribution in [1.29, 1.82) is 0 Å². The maximum absolute atomic E-state index is 15.5. The van der Waals surface area contributed by atoms with Crippen LogP contribution in [0.1, 0.15) is 68.5 Å². The summed E-state index contributed by atoms with van der Waals surface area (Å²) in [5.74, 6) is -5.30. The van der Waals surface area contributed by atoms with Crippen LogP contribution >= 0.6 is 0 Å². The maximum atomic E-state index is 15.5. The number of nitrogens with one attached hydrogen (secondary N) is 1. The number of allylic oxidation sites excluding steroid dienone is 1. The number of rotatable bonds is 8. The van der Waals surface area contributed by atoms with E-state index in [4.69, 9.17) is 9.47 Å². The van der Waals surface area contributed by atoms with E-state index in [2.05, 4.69) is 16.9 Å². The van der Waals surface area contributed by atoms with Crippen molar-refractivity contribution in [3.05, 3.63) is 65.7 Å². The van der Waals surface area contributed by atoms with Gasteiger partial charge >= 0.3 is 12.1 Å². The summed E-state index contributed by atoms with van der Waals surface area (Å²) in [6, 6.07) is 5.55. The Labute approximate surface area is 245 Å². The van der Waals surface area contributed by atoms with Crippen LogP contribution in [-0.4, -0.2) is 44.8 Å². The molecule has 2 aromatic heterocycles. The molecule has 4 aromatic rings. The van der Waals surface area contributed by atoms with Gasteiger partial charge in [0.2, 0.25) is 0 Å². The second-order valence-electron chi connectivity index (χ2n) is 11.7. The number of imidazole rings is 1. The second-order valence-corrected chi connectivity index (χ2v) is 11.7. The summed E-state index contributed by atoms with van der Waals surface area (Å²) in [4.78, 5) is 29.1. The lowest BCUT2D eigenvalue weighted by atomic mass is 10.1. The van der Waals surface area contributed by atoms with Gasteiger partial charge in [-0.05, 0) is 76.9 Å². The quantitative estimate of drug-likeness (QED) is 0.129. The minimum Gasteiger partial charge on any atom is -0.465 e. The van der Waals surface area contributed by atoms with E-state index >= 15 is 8.78 Å². The first-order valence-electron chi connectivity index (χ1n) is 13.8. The van der Waals surface area contributed by atoms with Crippen molar-refractivity contribution in [2.45, 2.75) is 70.7 Å². The Morgan fingerprint density at radius 2 is 1.84 bits per heavy atom. The van der Waals surface area contributed by atoms with Gasteiger partial charge < -0.3 is 23.9 Å². The average Bonchev–Trinajstić information content (AvgIpc) is 3.60. The molecule has 5 rings (SSSR count). The number of nitrogens with zero attached hydrogens (tertiary/aromatic N) is 3. The van der Waals surface area contributed by atoms with E-state index < -0.39 is 47.8 Å². The Morgan fingerprint density at radius 1 is 1.14 bits per heavy atom. The Hall–Kier alpha value is -4.35. The first-order valence-corrected chi connectivity index (χ1v) is 13.8. The minimum atomic E-state index is -3.37. The molecule has 0 aliphatic heterocycles. The fourth-order valence-corrected chi connectivity index (χ4v) is 5.11. The van der Waals surface area contributed by atoms with Crippen molar-refractivity contribution in [2.24, 2.45) is 0 Å². The van der Waals surface area contributed by atoms with Crippen molar-refractivity contribution < 1.29 is 36.6 Å². The summed E-state index contributed by atoms with van der Waals surface area (Å²) < 4.78 is 73.6. The van der Waals surface area contributed by atoms with Crippen LogP contribution in [0.25, 0.3) is 33.5 Å². The van der Waals surface area contributed by atoms with Gasteiger partial charge in [-0.1, -0.05) is 6.58 Å². The molecule has 1 aliphatic rings. The largest absolute Gasteiger partial charge is 0.465 e. The minimum absolute atomic E-state index is 0.0450. The third kappa shape index (κ3) is 5.95. The second kappa shape index (κ2) is 10.7. The number of halogens is 4. The van der Waals surface area contributed by atoms with Gasteiger partial charge in [0.1, 0.15) is 22.8 Å². The average molecular weight is 601 g/mol. The third-order valence-corrected chi connectivity index (χ3v) is 7.19. The first kappa shape index (κ1) is 30.1.